The van der Waals surface area contributed by atoms with E-state index < -0.39 is 11.7 Å². The Morgan fingerprint density at radius 2 is 1.74 bits per heavy atom. The van der Waals surface area contributed by atoms with E-state index in [9.17, 15) is 13.2 Å². The number of nitrogens with zero attached hydrogens (tertiary/aromatic N) is 2. The monoisotopic (exact) mass is 374 g/mol. The number of nitrogens with one attached hydrogen (secondary N) is 2. The molecule has 2 N–H and O–H groups in total. The number of halogens is 3. The summed E-state index contributed by atoms with van der Waals surface area (Å²) < 4.78 is 43.8. The molecule has 0 atom stereocenters. The highest BCUT2D eigenvalue weighted by Crippen LogP contribution is 2.31. The maximum absolute atomic E-state index is 12.8. The van der Waals surface area contributed by atoms with Crippen molar-refractivity contribution in [1.29, 1.82) is 0 Å². The van der Waals surface area contributed by atoms with Gasteiger partial charge in [0.15, 0.2) is 0 Å². The van der Waals surface area contributed by atoms with Gasteiger partial charge in [0.25, 0.3) is 0 Å². The first-order valence-electron chi connectivity index (χ1n) is 8.21. The Morgan fingerprint density at radius 3 is 2.44 bits per heavy atom. The van der Waals surface area contributed by atoms with Crippen LogP contribution < -0.4 is 15.4 Å². The van der Waals surface area contributed by atoms with E-state index in [1.165, 1.54) is 18.3 Å². The molecule has 8 heteroatoms. The molecule has 0 radical (unpaired) electrons. The first-order valence-corrected chi connectivity index (χ1v) is 8.21. The summed E-state index contributed by atoms with van der Waals surface area (Å²) in [4.78, 5) is 8.39. The van der Waals surface area contributed by atoms with E-state index >= 15 is 0 Å². The Labute approximate surface area is 154 Å². The van der Waals surface area contributed by atoms with Crippen LogP contribution in [-0.2, 0) is 6.18 Å². The summed E-state index contributed by atoms with van der Waals surface area (Å²) in [6.45, 7) is 2.49. The predicted octanol–water partition coefficient (Wildman–Crippen LogP) is 5.38. The molecule has 0 aliphatic heterocycles. The molecule has 0 saturated heterocycles. The average Bonchev–Trinajstić information content (AvgIpc) is 2.63. The summed E-state index contributed by atoms with van der Waals surface area (Å²) in [6, 6.07) is 13.8. The predicted molar refractivity (Wildman–Crippen MR) is 97.7 cm³/mol. The highest BCUT2D eigenvalue weighted by molar-refractivity contribution is 5.60. The maximum Gasteiger partial charge on any atom is 0.416 e. The highest BCUT2D eigenvalue weighted by Gasteiger charge is 2.30. The topological polar surface area (TPSA) is 59.1 Å². The van der Waals surface area contributed by atoms with E-state index in [0.29, 0.717) is 18.4 Å². The molecule has 27 heavy (non-hydrogen) atoms. The van der Waals surface area contributed by atoms with Crippen LogP contribution in [0.1, 0.15) is 12.5 Å². The Balaban J connectivity index is 1.72. The van der Waals surface area contributed by atoms with Crippen LogP contribution in [0, 0.1) is 0 Å². The lowest BCUT2D eigenvalue weighted by Crippen LogP contribution is -2.05. The summed E-state index contributed by atoms with van der Waals surface area (Å²) in [7, 11) is 0. The summed E-state index contributed by atoms with van der Waals surface area (Å²) in [6.07, 6.45) is -2.89. The molecular weight excluding hydrogens is 357 g/mol. The van der Waals surface area contributed by atoms with Gasteiger partial charge >= 0.3 is 6.18 Å². The number of ether oxygens (including phenoxy) is 1. The molecule has 3 rings (SSSR count). The fourth-order valence-electron chi connectivity index (χ4n) is 2.34. The van der Waals surface area contributed by atoms with Crippen molar-refractivity contribution >= 4 is 23.1 Å². The van der Waals surface area contributed by atoms with Crippen LogP contribution in [0.2, 0.25) is 0 Å². The lowest BCUT2D eigenvalue weighted by molar-refractivity contribution is -0.137. The van der Waals surface area contributed by atoms with Crippen LogP contribution in [0.5, 0.6) is 5.75 Å². The summed E-state index contributed by atoms with van der Waals surface area (Å²) in [5, 5.41) is 5.89. The number of alkyl halides is 3. The van der Waals surface area contributed by atoms with Gasteiger partial charge in [-0.15, -0.1) is 0 Å². The van der Waals surface area contributed by atoms with Crippen molar-refractivity contribution in [1.82, 2.24) is 9.97 Å². The molecule has 0 spiro atoms. The molecular formula is C19H17F3N4O. The first-order chi connectivity index (χ1) is 12.9. The lowest BCUT2D eigenvalue weighted by Gasteiger charge is -2.11. The number of rotatable bonds is 6. The van der Waals surface area contributed by atoms with Crippen molar-refractivity contribution < 1.29 is 17.9 Å². The van der Waals surface area contributed by atoms with Crippen molar-refractivity contribution in [3.8, 4) is 5.75 Å². The van der Waals surface area contributed by atoms with Crippen LogP contribution in [0.4, 0.5) is 36.3 Å². The minimum Gasteiger partial charge on any atom is -0.494 e. The van der Waals surface area contributed by atoms with Gasteiger partial charge < -0.3 is 15.4 Å². The Bertz CT molecular complexity index is 898. The third-order valence-corrected chi connectivity index (χ3v) is 3.54. The van der Waals surface area contributed by atoms with Crippen molar-refractivity contribution in [3.05, 3.63) is 66.4 Å². The van der Waals surface area contributed by atoms with Gasteiger partial charge in [-0.05, 0) is 55.5 Å². The lowest BCUT2D eigenvalue weighted by atomic mass is 10.2. The molecule has 0 aliphatic carbocycles. The fourth-order valence-corrected chi connectivity index (χ4v) is 2.34. The molecule has 0 saturated carbocycles. The summed E-state index contributed by atoms with van der Waals surface area (Å²) in [5.41, 5.74) is 0.319. The number of hydrogen-bond acceptors (Lipinski definition) is 5. The van der Waals surface area contributed by atoms with Gasteiger partial charge in [-0.2, -0.15) is 18.2 Å². The zero-order valence-electron chi connectivity index (χ0n) is 14.4. The number of hydrogen-bond donors (Lipinski definition) is 2. The van der Waals surface area contributed by atoms with Gasteiger partial charge in [0, 0.05) is 17.6 Å². The smallest absolute Gasteiger partial charge is 0.416 e. The Kier molecular flexibility index (Phi) is 5.44. The fraction of sp³-hybridized carbons (Fsp3) is 0.158. The standard InChI is InChI=1S/C19H17F3N4O/c1-2-27-16-8-6-14(7-9-16)25-18-23-11-10-17(26-18)24-15-5-3-4-13(12-15)19(20,21)22/h3-12H,2H2,1H3,(H2,23,24,25,26). The molecule has 3 aromatic rings. The van der Waals surface area contributed by atoms with Crippen LogP contribution in [0.25, 0.3) is 0 Å². The van der Waals surface area contributed by atoms with Crippen LogP contribution in [0.15, 0.2) is 60.8 Å². The van der Waals surface area contributed by atoms with E-state index in [2.05, 4.69) is 20.6 Å². The van der Waals surface area contributed by atoms with Gasteiger partial charge in [-0.25, -0.2) is 4.98 Å². The third-order valence-electron chi connectivity index (χ3n) is 3.54. The summed E-state index contributed by atoms with van der Waals surface area (Å²) >= 11 is 0. The van der Waals surface area contributed by atoms with Gasteiger partial charge in [0.1, 0.15) is 11.6 Å². The van der Waals surface area contributed by atoms with Crippen molar-refractivity contribution in [2.24, 2.45) is 0 Å². The van der Waals surface area contributed by atoms with E-state index in [1.54, 1.807) is 6.07 Å². The molecule has 0 amide bonds. The zero-order valence-corrected chi connectivity index (χ0v) is 14.4. The minimum atomic E-state index is -4.40. The molecule has 0 fully saturated rings. The number of anilines is 4. The molecule has 1 heterocycles. The van der Waals surface area contributed by atoms with Gasteiger partial charge in [0.05, 0.1) is 12.2 Å². The number of benzene rings is 2. The SMILES string of the molecule is CCOc1ccc(Nc2nccc(Nc3cccc(C(F)(F)F)c3)n2)cc1. The molecule has 0 aliphatic rings. The van der Waals surface area contributed by atoms with Crippen molar-refractivity contribution in [2.75, 3.05) is 17.2 Å². The second-order valence-electron chi connectivity index (χ2n) is 5.55. The van der Waals surface area contributed by atoms with Crippen LogP contribution in [-0.4, -0.2) is 16.6 Å². The van der Waals surface area contributed by atoms with E-state index in [4.69, 9.17) is 4.74 Å². The van der Waals surface area contributed by atoms with E-state index in [1.807, 2.05) is 31.2 Å². The van der Waals surface area contributed by atoms with Gasteiger partial charge in [-0.3, -0.25) is 0 Å². The Morgan fingerprint density at radius 1 is 0.963 bits per heavy atom. The average molecular weight is 374 g/mol. The normalized spacial score (nSPS) is 11.1. The largest absolute Gasteiger partial charge is 0.494 e. The molecule has 1 aromatic heterocycles. The number of aromatic nitrogens is 2. The second-order valence-corrected chi connectivity index (χ2v) is 5.55. The van der Waals surface area contributed by atoms with E-state index in [-0.39, 0.29) is 5.69 Å². The Hall–Kier alpha value is -3.29. The minimum absolute atomic E-state index is 0.288. The summed E-state index contributed by atoms with van der Waals surface area (Å²) in [5.74, 6) is 1.44. The quantitative estimate of drug-likeness (QED) is 0.606. The van der Waals surface area contributed by atoms with Crippen molar-refractivity contribution in [3.63, 3.8) is 0 Å². The molecule has 5 nitrogen and oxygen atoms in total. The van der Waals surface area contributed by atoms with Crippen LogP contribution >= 0.6 is 0 Å². The highest BCUT2D eigenvalue weighted by atomic mass is 19.4. The van der Waals surface area contributed by atoms with E-state index in [0.717, 1.165) is 23.6 Å². The van der Waals surface area contributed by atoms with Crippen LogP contribution in [0.3, 0.4) is 0 Å². The van der Waals surface area contributed by atoms with Gasteiger partial charge in [0.2, 0.25) is 5.95 Å². The molecule has 140 valence electrons. The molecule has 0 bridgehead atoms. The molecule has 0 unspecified atom stereocenters. The first kappa shape index (κ1) is 18.5. The second kappa shape index (κ2) is 7.94. The molecule has 2 aromatic carbocycles. The zero-order chi connectivity index (χ0) is 19.3. The third kappa shape index (κ3) is 5.10. The van der Waals surface area contributed by atoms with Crippen molar-refractivity contribution in [2.45, 2.75) is 13.1 Å². The maximum atomic E-state index is 12.8. The van der Waals surface area contributed by atoms with Gasteiger partial charge in [-0.1, -0.05) is 6.07 Å².